The van der Waals surface area contributed by atoms with E-state index in [1.54, 1.807) is 0 Å². The van der Waals surface area contributed by atoms with Crippen molar-refractivity contribution in [2.24, 2.45) is 0 Å². The average molecular weight is 285 g/mol. The van der Waals surface area contributed by atoms with Crippen molar-refractivity contribution in [2.45, 2.75) is 19.4 Å². The number of rotatable bonds is 7. The Kier molecular flexibility index (Phi) is 4.33. The van der Waals surface area contributed by atoms with Gasteiger partial charge in [-0.05, 0) is 12.0 Å². The third-order valence-electron chi connectivity index (χ3n) is 2.89. The van der Waals surface area contributed by atoms with E-state index in [4.69, 9.17) is 9.26 Å². The van der Waals surface area contributed by atoms with Crippen molar-refractivity contribution >= 4 is 0 Å². The van der Waals surface area contributed by atoms with Crippen LogP contribution in [0.3, 0.4) is 0 Å². The van der Waals surface area contributed by atoms with E-state index >= 15 is 0 Å². The van der Waals surface area contributed by atoms with Gasteiger partial charge in [-0.25, -0.2) is 4.98 Å². The summed E-state index contributed by atoms with van der Waals surface area (Å²) in [5, 5.41) is 10.3. The molecule has 7 heteroatoms. The minimum absolute atomic E-state index is 0.424. The Labute approximate surface area is 121 Å². The molecule has 0 fully saturated rings. The van der Waals surface area contributed by atoms with Gasteiger partial charge in [-0.2, -0.15) is 10.1 Å². The van der Waals surface area contributed by atoms with Gasteiger partial charge in [0.1, 0.15) is 6.33 Å². The molecule has 0 spiro atoms. The summed E-state index contributed by atoms with van der Waals surface area (Å²) >= 11 is 0. The molecule has 2 aromatic heterocycles. The van der Waals surface area contributed by atoms with Crippen LogP contribution in [-0.4, -0.2) is 31.9 Å². The topological polar surface area (TPSA) is 89.7 Å². The number of benzene rings is 1. The maximum Gasteiger partial charge on any atom is 0.239 e. The Hall–Kier alpha value is -2.54. The molecule has 0 amide bonds. The Balaban J connectivity index is 1.40. The highest BCUT2D eigenvalue weighted by Crippen LogP contribution is 2.10. The summed E-state index contributed by atoms with van der Waals surface area (Å²) in [4.78, 5) is 8.21. The number of hydrogen-bond acceptors (Lipinski definition) is 6. The number of aryl methyl sites for hydroxylation is 1. The molecule has 3 rings (SSSR count). The molecule has 1 aromatic carbocycles. The minimum atomic E-state index is 0.424. The first kappa shape index (κ1) is 13.4. The molecule has 0 radical (unpaired) electrons. The van der Waals surface area contributed by atoms with Crippen LogP contribution in [0.15, 0.2) is 41.2 Å². The molecule has 1 N–H and O–H groups in total. The fourth-order valence-corrected chi connectivity index (χ4v) is 1.86. The molecule has 2 heterocycles. The van der Waals surface area contributed by atoms with Crippen molar-refractivity contribution in [1.29, 1.82) is 0 Å². The van der Waals surface area contributed by atoms with Gasteiger partial charge in [0.05, 0.1) is 6.61 Å². The van der Waals surface area contributed by atoms with Gasteiger partial charge in [0, 0.05) is 13.0 Å². The third kappa shape index (κ3) is 3.73. The van der Waals surface area contributed by atoms with Crippen molar-refractivity contribution in [2.75, 3.05) is 6.61 Å². The van der Waals surface area contributed by atoms with Crippen LogP contribution < -0.4 is 0 Å². The monoisotopic (exact) mass is 285 g/mol. The van der Waals surface area contributed by atoms with Gasteiger partial charge in [-0.3, -0.25) is 5.10 Å². The predicted octanol–water partition coefficient (Wildman–Crippen LogP) is 2.00. The van der Waals surface area contributed by atoms with Crippen molar-refractivity contribution in [3.8, 4) is 11.6 Å². The molecule has 0 atom stereocenters. The Bertz CT molecular complexity index is 651. The second-order valence-electron chi connectivity index (χ2n) is 4.49. The molecule has 108 valence electrons. The highest BCUT2D eigenvalue weighted by atomic mass is 16.5. The standard InChI is InChI=1S/C14H15N5O2/c1-2-5-11(6-3-1)9-20-8-4-7-12-17-14(19-21-12)13-15-10-16-18-13/h1-3,5-6,10H,4,7-9H2,(H,15,16,18). The second-order valence-corrected chi connectivity index (χ2v) is 4.49. The lowest BCUT2D eigenvalue weighted by atomic mass is 10.2. The number of aromatic amines is 1. The zero-order valence-electron chi connectivity index (χ0n) is 11.4. The SMILES string of the molecule is c1ccc(COCCCc2nc(-c3ncn[nH]3)no2)cc1. The highest BCUT2D eigenvalue weighted by Gasteiger charge is 2.10. The van der Waals surface area contributed by atoms with Crippen LogP contribution in [0, 0.1) is 0 Å². The smallest absolute Gasteiger partial charge is 0.239 e. The number of hydrogen-bond donors (Lipinski definition) is 1. The van der Waals surface area contributed by atoms with Gasteiger partial charge in [-0.1, -0.05) is 35.5 Å². The summed E-state index contributed by atoms with van der Waals surface area (Å²) in [6, 6.07) is 10.1. The Morgan fingerprint density at radius 1 is 1.19 bits per heavy atom. The van der Waals surface area contributed by atoms with Crippen LogP contribution in [0.25, 0.3) is 11.6 Å². The summed E-state index contributed by atoms with van der Waals surface area (Å²) in [6.07, 6.45) is 2.91. The molecule has 0 saturated carbocycles. The molecule has 0 saturated heterocycles. The first-order valence-corrected chi connectivity index (χ1v) is 6.72. The van der Waals surface area contributed by atoms with Gasteiger partial charge in [0.25, 0.3) is 0 Å². The molecule has 3 aromatic rings. The first-order chi connectivity index (χ1) is 10.4. The molecule has 0 unspecified atom stereocenters. The van der Waals surface area contributed by atoms with Crippen molar-refractivity contribution in [3.05, 3.63) is 48.1 Å². The van der Waals surface area contributed by atoms with Crippen LogP contribution in [0.1, 0.15) is 17.9 Å². The van der Waals surface area contributed by atoms with E-state index < -0.39 is 0 Å². The van der Waals surface area contributed by atoms with Crippen molar-refractivity contribution < 1.29 is 9.26 Å². The van der Waals surface area contributed by atoms with Crippen LogP contribution >= 0.6 is 0 Å². The third-order valence-corrected chi connectivity index (χ3v) is 2.89. The molecule has 21 heavy (non-hydrogen) atoms. The summed E-state index contributed by atoms with van der Waals surface area (Å²) < 4.78 is 10.8. The van der Waals surface area contributed by atoms with Crippen molar-refractivity contribution in [1.82, 2.24) is 25.3 Å². The number of nitrogens with one attached hydrogen (secondary N) is 1. The van der Waals surface area contributed by atoms with E-state index in [2.05, 4.69) is 25.3 Å². The molecular formula is C14H15N5O2. The van der Waals surface area contributed by atoms with Crippen LogP contribution in [-0.2, 0) is 17.8 Å². The van der Waals surface area contributed by atoms with Crippen LogP contribution in [0.4, 0.5) is 0 Å². The van der Waals surface area contributed by atoms with Gasteiger partial charge >= 0.3 is 0 Å². The molecule has 0 bridgehead atoms. The maximum absolute atomic E-state index is 5.60. The average Bonchev–Trinajstić information content (AvgIpc) is 3.19. The number of H-pyrrole nitrogens is 1. The fourth-order valence-electron chi connectivity index (χ4n) is 1.86. The zero-order chi connectivity index (χ0) is 14.3. The largest absolute Gasteiger partial charge is 0.377 e. The molecule has 0 aliphatic heterocycles. The summed E-state index contributed by atoms with van der Waals surface area (Å²) in [7, 11) is 0. The molecular weight excluding hydrogens is 270 g/mol. The lowest BCUT2D eigenvalue weighted by Crippen LogP contribution is -1.97. The van der Waals surface area contributed by atoms with Crippen molar-refractivity contribution in [3.63, 3.8) is 0 Å². The lowest BCUT2D eigenvalue weighted by molar-refractivity contribution is 0.117. The number of ether oxygens (including phenoxy) is 1. The number of nitrogens with zero attached hydrogens (tertiary/aromatic N) is 4. The highest BCUT2D eigenvalue weighted by molar-refractivity contribution is 5.39. The van der Waals surface area contributed by atoms with Gasteiger partial charge in [0.2, 0.25) is 11.7 Å². The van der Waals surface area contributed by atoms with E-state index in [1.807, 2.05) is 30.3 Å². The maximum atomic E-state index is 5.60. The van der Waals surface area contributed by atoms with E-state index in [9.17, 15) is 0 Å². The summed E-state index contributed by atoms with van der Waals surface area (Å²) in [5.74, 6) is 1.50. The minimum Gasteiger partial charge on any atom is -0.377 e. The van der Waals surface area contributed by atoms with E-state index in [1.165, 1.54) is 11.9 Å². The van der Waals surface area contributed by atoms with Gasteiger partial charge in [-0.15, -0.1) is 0 Å². The number of aromatic nitrogens is 5. The second kappa shape index (κ2) is 6.76. The zero-order valence-corrected chi connectivity index (χ0v) is 11.4. The normalized spacial score (nSPS) is 10.9. The molecule has 7 nitrogen and oxygen atoms in total. The van der Waals surface area contributed by atoms with Crippen LogP contribution in [0.5, 0.6) is 0 Å². The van der Waals surface area contributed by atoms with E-state index in [0.29, 0.717) is 37.2 Å². The van der Waals surface area contributed by atoms with E-state index in [0.717, 1.165) is 6.42 Å². The summed E-state index contributed by atoms with van der Waals surface area (Å²) in [5.41, 5.74) is 1.17. The lowest BCUT2D eigenvalue weighted by Gasteiger charge is -2.02. The van der Waals surface area contributed by atoms with Crippen LogP contribution in [0.2, 0.25) is 0 Å². The first-order valence-electron chi connectivity index (χ1n) is 6.72. The predicted molar refractivity (Wildman–Crippen MR) is 74.1 cm³/mol. The van der Waals surface area contributed by atoms with Gasteiger partial charge < -0.3 is 9.26 Å². The summed E-state index contributed by atoms with van der Waals surface area (Å²) in [6.45, 7) is 1.27. The molecule has 0 aliphatic carbocycles. The molecule has 0 aliphatic rings. The Morgan fingerprint density at radius 2 is 2.10 bits per heavy atom. The van der Waals surface area contributed by atoms with Gasteiger partial charge in [0.15, 0.2) is 5.82 Å². The fraction of sp³-hybridized carbons (Fsp3) is 0.286. The Morgan fingerprint density at radius 3 is 2.90 bits per heavy atom. The quantitative estimate of drug-likeness (QED) is 0.668. The van der Waals surface area contributed by atoms with E-state index in [-0.39, 0.29) is 0 Å².